The highest BCUT2D eigenvalue weighted by Gasteiger charge is 2.25. The molecule has 4 rings (SSSR count). The average molecular weight is 349 g/mol. The van der Waals surface area contributed by atoms with E-state index < -0.39 is 12.1 Å². The third-order valence-corrected chi connectivity index (χ3v) is 4.72. The molecule has 5 heteroatoms. The zero-order valence-corrected chi connectivity index (χ0v) is 14.7. The first kappa shape index (κ1) is 16.4. The molecule has 3 aromatic rings. The summed E-state index contributed by atoms with van der Waals surface area (Å²) < 4.78 is 10.9. The van der Waals surface area contributed by atoms with Crippen molar-refractivity contribution in [3.63, 3.8) is 0 Å². The van der Waals surface area contributed by atoms with Crippen LogP contribution in [-0.4, -0.2) is 29.4 Å². The number of H-pyrrole nitrogens is 1. The SMILES string of the molecule is Cc1[nH]c2ccccc2c1C(=O)[C@H](C)OC(=O)c1ccc2c(c1)CCO2. The molecule has 1 aliphatic heterocycles. The van der Waals surface area contributed by atoms with Gasteiger partial charge in [-0.25, -0.2) is 4.79 Å². The lowest BCUT2D eigenvalue weighted by Gasteiger charge is -2.13. The van der Waals surface area contributed by atoms with Gasteiger partial charge in [0.25, 0.3) is 0 Å². The fourth-order valence-corrected chi connectivity index (χ4v) is 3.39. The molecule has 0 fully saturated rings. The van der Waals surface area contributed by atoms with E-state index >= 15 is 0 Å². The topological polar surface area (TPSA) is 68.4 Å². The monoisotopic (exact) mass is 349 g/mol. The summed E-state index contributed by atoms with van der Waals surface area (Å²) in [6, 6.07) is 12.8. The highest BCUT2D eigenvalue weighted by Crippen LogP contribution is 2.27. The van der Waals surface area contributed by atoms with Gasteiger partial charge in [0.15, 0.2) is 6.10 Å². The van der Waals surface area contributed by atoms with E-state index in [0.29, 0.717) is 17.7 Å². The number of ketones is 1. The van der Waals surface area contributed by atoms with Crippen molar-refractivity contribution in [2.75, 3.05) is 6.61 Å². The molecule has 5 nitrogen and oxygen atoms in total. The van der Waals surface area contributed by atoms with Crippen molar-refractivity contribution in [2.45, 2.75) is 26.4 Å². The van der Waals surface area contributed by atoms with Gasteiger partial charge in [-0.05, 0) is 43.7 Å². The van der Waals surface area contributed by atoms with Crippen LogP contribution in [0.5, 0.6) is 5.75 Å². The molecule has 1 N–H and O–H groups in total. The Kier molecular flexibility index (Phi) is 3.99. The molecule has 0 spiro atoms. The van der Waals surface area contributed by atoms with Crippen molar-refractivity contribution in [1.29, 1.82) is 0 Å². The molecule has 0 saturated carbocycles. The Hall–Kier alpha value is -3.08. The predicted octanol–water partition coefficient (Wildman–Crippen LogP) is 3.84. The standard InChI is InChI=1S/C21H19NO4/c1-12-19(16-5-3-4-6-17(16)22-12)20(23)13(2)26-21(24)15-7-8-18-14(11-15)9-10-25-18/h3-8,11,13,22H,9-10H2,1-2H3/t13-/m0/s1. The molecular weight excluding hydrogens is 330 g/mol. The molecule has 0 saturated heterocycles. The minimum Gasteiger partial charge on any atom is -0.493 e. The van der Waals surface area contributed by atoms with Crippen molar-refractivity contribution in [3.05, 3.63) is 64.8 Å². The summed E-state index contributed by atoms with van der Waals surface area (Å²) in [4.78, 5) is 28.5. The zero-order chi connectivity index (χ0) is 18.3. The molecule has 1 aliphatic rings. The van der Waals surface area contributed by atoms with Crippen molar-refractivity contribution in [2.24, 2.45) is 0 Å². The fraction of sp³-hybridized carbons (Fsp3) is 0.238. The van der Waals surface area contributed by atoms with Crippen molar-refractivity contribution >= 4 is 22.7 Å². The van der Waals surface area contributed by atoms with Gasteiger partial charge in [0.2, 0.25) is 5.78 Å². The Morgan fingerprint density at radius 2 is 2.00 bits per heavy atom. The quantitative estimate of drug-likeness (QED) is 0.574. The number of aromatic nitrogens is 1. The van der Waals surface area contributed by atoms with Gasteiger partial charge in [0.05, 0.1) is 12.2 Å². The van der Waals surface area contributed by atoms with Crippen LogP contribution in [0.3, 0.4) is 0 Å². The van der Waals surface area contributed by atoms with Crippen LogP contribution in [0.15, 0.2) is 42.5 Å². The number of nitrogens with one attached hydrogen (secondary N) is 1. The lowest BCUT2D eigenvalue weighted by molar-refractivity contribution is 0.0319. The smallest absolute Gasteiger partial charge is 0.338 e. The fourth-order valence-electron chi connectivity index (χ4n) is 3.39. The van der Waals surface area contributed by atoms with E-state index in [0.717, 1.165) is 34.3 Å². The molecule has 26 heavy (non-hydrogen) atoms. The van der Waals surface area contributed by atoms with Crippen LogP contribution in [0, 0.1) is 6.92 Å². The number of Topliss-reactive ketones (excluding diaryl/α,β-unsaturated/α-hetero) is 1. The van der Waals surface area contributed by atoms with Crippen molar-refractivity contribution in [3.8, 4) is 5.75 Å². The van der Waals surface area contributed by atoms with Gasteiger partial charge >= 0.3 is 5.97 Å². The number of benzene rings is 2. The molecule has 2 aromatic carbocycles. The van der Waals surface area contributed by atoms with Crippen molar-refractivity contribution in [1.82, 2.24) is 4.98 Å². The number of ether oxygens (including phenoxy) is 2. The lowest BCUT2D eigenvalue weighted by atomic mass is 10.0. The first-order chi connectivity index (χ1) is 12.5. The molecule has 132 valence electrons. The van der Waals surface area contributed by atoms with E-state index in [2.05, 4.69) is 4.98 Å². The Bertz CT molecular complexity index is 1020. The Morgan fingerprint density at radius 3 is 2.85 bits per heavy atom. The molecular formula is C21H19NO4. The Balaban J connectivity index is 1.55. The summed E-state index contributed by atoms with van der Waals surface area (Å²) in [5.74, 6) is 0.0935. The highest BCUT2D eigenvalue weighted by molar-refractivity contribution is 6.11. The largest absolute Gasteiger partial charge is 0.493 e. The van der Waals surface area contributed by atoms with Crippen LogP contribution < -0.4 is 4.74 Å². The van der Waals surface area contributed by atoms with E-state index in [1.54, 1.807) is 25.1 Å². The number of fused-ring (bicyclic) bond motifs is 2. The van der Waals surface area contributed by atoms with Crippen LogP contribution in [0.4, 0.5) is 0 Å². The summed E-state index contributed by atoms with van der Waals surface area (Å²) in [6.07, 6.45) is -0.0932. The summed E-state index contributed by atoms with van der Waals surface area (Å²) in [5, 5.41) is 0.840. The number of esters is 1. The van der Waals surface area contributed by atoms with Gasteiger partial charge in [0, 0.05) is 28.6 Å². The molecule has 1 aromatic heterocycles. The average Bonchev–Trinajstić information content (AvgIpc) is 3.23. The summed E-state index contributed by atoms with van der Waals surface area (Å²) >= 11 is 0. The summed E-state index contributed by atoms with van der Waals surface area (Å²) in [6.45, 7) is 4.09. The maximum Gasteiger partial charge on any atom is 0.338 e. The Labute approximate surface area is 150 Å². The number of hydrogen-bond donors (Lipinski definition) is 1. The first-order valence-electron chi connectivity index (χ1n) is 8.63. The molecule has 0 bridgehead atoms. The minimum absolute atomic E-state index is 0.210. The van der Waals surface area contributed by atoms with E-state index in [4.69, 9.17) is 9.47 Å². The van der Waals surface area contributed by atoms with E-state index in [-0.39, 0.29) is 5.78 Å². The maximum absolute atomic E-state index is 12.9. The number of carbonyl (C=O) groups is 2. The van der Waals surface area contributed by atoms with E-state index in [1.165, 1.54) is 0 Å². The van der Waals surface area contributed by atoms with E-state index in [9.17, 15) is 9.59 Å². The van der Waals surface area contributed by atoms with Crippen LogP contribution in [0.2, 0.25) is 0 Å². The molecule has 0 unspecified atom stereocenters. The third kappa shape index (κ3) is 2.75. The number of carbonyl (C=O) groups excluding carboxylic acids is 2. The molecule has 0 aliphatic carbocycles. The van der Waals surface area contributed by atoms with Crippen LogP contribution in [0.25, 0.3) is 10.9 Å². The number of rotatable bonds is 4. The van der Waals surface area contributed by atoms with Gasteiger partial charge < -0.3 is 14.5 Å². The van der Waals surface area contributed by atoms with Crippen molar-refractivity contribution < 1.29 is 19.1 Å². The molecule has 2 heterocycles. The summed E-state index contributed by atoms with van der Waals surface area (Å²) in [5.41, 5.74) is 3.66. The van der Waals surface area contributed by atoms with E-state index in [1.807, 2.05) is 31.2 Å². The third-order valence-electron chi connectivity index (χ3n) is 4.72. The number of aromatic amines is 1. The van der Waals surface area contributed by atoms with Crippen LogP contribution in [-0.2, 0) is 11.2 Å². The summed E-state index contributed by atoms with van der Waals surface area (Å²) in [7, 11) is 0. The van der Waals surface area contributed by atoms with Gasteiger partial charge in [0.1, 0.15) is 5.75 Å². The normalized spacial score (nSPS) is 13.9. The predicted molar refractivity (Wildman–Crippen MR) is 97.9 cm³/mol. The number of aryl methyl sites for hydroxylation is 1. The number of para-hydroxylation sites is 1. The second kappa shape index (κ2) is 6.33. The Morgan fingerprint density at radius 1 is 1.19 bits per heavy atom. The van der Waals surface area contributed by atoms with Gasteiger partial charge in [-0.2, -0.15) is 0 Å². The lowest BCUT2D eigenvalue weighted by Crippen LogP contribution is -2.25. The first-order valence-corrected chi connectivity index (χ1v) is 8.63. The second-order valence-electron chi connectivity index (χ2n) is 6.50. The zero-order valence-electron chi connectivity index (χ0n) is 14.7. The highest BCUT2D eigenvalue weighted by atomic mass is 16.5. The molecule has 1 atom stereocenters. The van der Waals surface area contributed by atoms with Gasteiger partial charge in [-0.3, -0.25) is 4.79 Å². The maximum atomic E-state index is 12.9. The molecule has 0 amide bonds. The van der Waals surface area contributed by atoms with Gasteiger partial charge in [-0.15, -0.1) is 0 Å². The van der Waals surface area contributed by atoms with Gasteiger partial charge in [-0.1, -0.05) is 18.2 Å². The minimum atomic E-state index is -0.870. The second-order valence-corrected chi connectivity index (χ2v) is 6.50. The number of hydrogen-bond acceptors (Lipinski definition) is 4. The van der Waals surface area contributed by atoms with Crippen LogP contribution >= 0.6 is 0 Å². The van der Waals surface area contributed by atoms with Crippen LogP contribution in [0.1, 0.15) is 38.9 Å². The molecule has 0 radical (unpaired) electrons.